The van der Waals surface area contributed by atoms with Gasteiger partial charge in [-0.3, -0.25) is 0 Å². The van der Waals surface area contributed by atoms with Gasteiger partial charge in [0.15, 0.2) is 0 Å². The van der Waals surface area contributed by atoms with Crippen LogP contribution in [0.5, 0.6) is 0 Å². The molecule has 0 N–H and O–H groups in total. The summed E-state index contributed by atoms with van der Waals surface area (Å²) in [4.78, 5) is 0. The van der Waals surface area contributed by atoms with Gasteiger partial charge in [-0.2, -0.15) is 0 Å². The summed E-state index contributed by atoms with van der Waals surface area (Å²) in [6, 6.07) is 0. The zero-order chi connectivity index (χ0) is 4.12. The standard InChI is InChI=1S/C3H7.CH3.Ca/c1-3-2;;/h1,3H2,2H3;1H3;. The van der Waals surface area contributed by atoms with Crippen LogP contribution in [-0.2, 0) is 0 Å². The minimum absolute atomic E-state index is 0.0885. The van der Waals surface area contributed by atoms with E-state index in [1.807, 2.05) is 0 Å². The van der Waals surface area contributed by atoms with Gasteiger partial charge in [0.05, 0.1) is 0 Å². The molecule has 0 amide bonds. The molecule has 0 saturated carbocycles. The van der Waals surface area contributed by atoms with Crippen molar-refractivity contribution in [2.24, 2.45) is 0 Å². The molecule has 0 aliphatic heterocycles. The van der Waals surface area contributed by atoms with Crippen LogP contribution in [0.1, 0.15) is 13.3 Å². The third-order valence-corrected chi connectivity index (χ3v) is 2.92. The van der Waals surface area contributed by atoms with E-state index >= 15 is 0 Å². The van der Waals surface area contributed by atoms with Gasteiger partial charge in [-0.25, -0.2) is 0 Å². The molecular weight excluding hydrogens is 88.1 g/mol. The normalized spacial score (nSPS) is 6.80. The summed E-state index contributed by atoms with van der Waals surface area (Å²) in [5, 5.41) is 0. The van der Waals surface area contributed by atoms with Crippen molar-refractivity contribution in [2.75, 3.05) is 0 Å². The first kappa shape index (κ1) is 6.26. The molecule has 0 saturated heterocycles. The van der Waals surface area contributed by atoms with Crippen LogP contribution in [0, 0.1) is 0 Å². The first-order chi connectivity index (χ1) is 2.41. The van der Waals surface area contributed by atoms with E-state index in [-0.39, 0.29) is 33.8 Å². The van der Waals surface area contributed by atoms with Crippen LogP contribution >= 0.6 is 0 Å². The Balaban J connectivity index is 2.19. The van der Waals surface area contributed by atoms with Crippen molar-refractivity contribution in [3.63, 3.8) is 0 Å². The van der Waals surface area contributed by atoms with Gasteiger partial charge in [0, 0.05) is 0 Å². The summed E-state index contributed by atoms with van der Waals surface area (Å²) in [5.74, 6) is 0. The minimum atomic E-state index is 0.0885. The molecule has 0 atom stereocenters. The summed E-state index contributed by atoms with van der Waals surface area (Å²) in [5.41, 5.74) is 0. The fraction of sp³-hybridized carbons (Fsp3) is 1.00. The third kappa shape index (κ3) is 5.26. The first-order valence-electron chi connectivity index (χ1n) is 2.41. The summed E-state index contributed by atoms with van der Waals surface area (Å²) < 4.78 is 3.98. The van der Waals surface area contributed by atoms with Crippen molar-refractivity contribution >= 4 is 33.8 Å². The fourth-order valence-corrected chi connectivity index (χ4v) is 1.46. The van der Waals surface area contributed by atoms with E-state index in [4.69, 9.17) is 0 Å². The monoisotopic (exact) mass is 98.0 g/mol. The second kappa shape index (κ2) is 5.26. The van der Waals surface area contributed by atoms with E-state index in [1.54, 1.807) is 2.52 Å². The Bertz CT molecular complexity index is 11.1. The Labute approximate surface area is 52.2 Å². The molecule has 0 aliphatic carbocycles. The van der Waals surface area contributed by atoms with Crippen LogP contribution in [0.2, 0.25) is 5.54 Å². The fourth-order valence-electron chi connectivity index (χ4n) is 0.354. The van der Waals surface area contributed by atoms with Gasteiger partial charge >= 0.3 is 52.7 Å². The van der Waals surface area contributed by atoms with Crippen LogP contribution in [0.4, 0.5) is 0 Å². The molecule has 1 heteroatoms. The second-order valence-corrected chi connectivity index (χ2v) is 4.02. The molecule has 0 fully saturated rings. The number of hydrogen-bond donors (Lipinski definition) is 0. The molecule has 0 heterocycles. The molecular formula is C4H10Ca. The molecule has 0 rings (SSSR count). The Morgan fingerprint density at radius 3 is 2.20 bits per heavy atom. The molecule has 0 unspecified atom stereocenters. The predicted molar refractivity (Wildman–Crippen MR) is 26.7 cm³/mol. The number of rotatable bonds is 2. The summed E-state index contributed by atoms with van der Waals surface area (Å²) >= 11 is 0.0885. The quantitative estimate of drug-likeness (QED) is 0.460. The van der Waals surface area contributed by atoms with E-state index in [1.165, 1.54) is 6.42 Å². The molecule has 0 radical (unpaired) electrons. The molecule has 0 nitrogen and oxygen atoms in total. The molecule has 5 heavy (non-hydrogen) atoms. The van der Waals surface area contributed by atoms with Gasteiger partial charge in [-0.15, -0.1) is 0 Å². The van der Waals surface area contributed by atoms with Crippen molar-refractivity contribution < 1.29 is 0 Å². The number of hydrogen-bond acceptors (Lipinski definition) is 0. The van der Waals surface area contributed by atoms with Crippen molar-refractivity contribution in [1.82, 2.24) is 0 Å². The van der Waals surface area contributed by atoms with Crippen molar-refractivity contribution in [1.29, 1.82) is 0 Å². The SMILES string of the molecule is CC[CH2][Ca][CH3]. The van der Waals surface area contributed by atoms with Crippen LogP contribution < -0.4 is 0 Å². The van der Waals surface area contributed by atoms with Gasteiger partial charge in [-0.05, 0) is 0 Å². The average molecular weight is 98.2 g/mol. The van der Waals surface area contributed by atoms with E-state index in [9.17, 15) is 0 Å². The Kier molecular flexibility index (Phi) is 6.58. The third-order valence-electron chi connectivity index (χ3n) is 0.707. The summed E-state index contributed by atoms with van der Waals surface area (Å²) in [6.45, 7) is 2.26. The van der Waals surface area contributed by atoms with E-state index < -0.39 is 0 Å². The van der Waals surface area contributed by atoms with Gasteiger partial charge < -0.3 is 0 Å². The first-order valence-corrected chi connectivity index (χ1v) is 6.18. The molecule has 0 spiro atoms. The zero-order valence-electron chi connectivity index (χ0n) is 4.12. The Hall–Kier alpha value is 1.26. The van der Waals surface area contributed by atoms with Gasteiger partial charge in [-0.1, -0.05) is 0 Å². The molecule has 0 aliphatic rings. The van der Waals surface area contributed by atoms with Crippen molar-refractivity contribution in [2.45, 2.75) is 18.9 Å². The second-order valence-electron chi connectivity index (χ2n) is 1.35. The molecule has 28 valence electrons. The Morgan fingerprint density at radius 2 is 2.20 bits per heavy atom. The van der Waals surface area contributed by atoms with Gasteiger partial charge in [0.2, 0.25) is 0 Å². The van der Waals surface area contributed by atoms with E-state index in [2.05, 4.69) is 9.94 Å². The zero-order valence-corrected chi connectivity index (χ0v) is 6.33. The maximum absolute atomic E-state index is 2.40. The molecule has 0 aromatic carbocycles. The molecule has 0 aromatic heterocycles. The molecule has 0 bridgehead atoms. The average Bonchev–Trinajstić information content (AvgIpc) is 1.41. The van der Waals surface area contributed by atoms with Crippen LogP contribution in [-0.4, -0.2) is 33.8 Å². The summed E-state index contributed by atoms with van der Waals surface area (Å²) in [7, 11) is 0. The van der Waals surface area contributed by atoms with Crippen LogP contribution in [0.3, 0.4) is 0 Å². The topological polar surface area (TPSA) is 0 Å². The van der Waals surface area contributed by atoms with Crippen LogP contribution in [0.25, 0.3) is 0 Å². The molecule has 0 aromatic rings. The van der Waals surface area contributed by atoms with E-state index in [0.717, 1.165) is 0 Å². The van der Waals surface area contributed by atoms with Crippen LogP contribution in [0.15, 0.2) is 0 Å². The van der Waals surface area contributed by atoms with Gasteiger partial charge in [0.25, 0.3) is 0 Å². The Morgan fingerprint density at radius 1 is 1.60 bits per heavy atom. The maximum atomic E-state index is 2.40. The predicted octanol–water partition coefficient (Wildman–Crippen LogP) is 1.57. The van der Waals surface area contributed by atoms with Crippen molar-refractivity contribution in [3.05, 3.63) is 0 Å². The van der Waals surface area contributed by atoms with Gasteiger partial charge in [0.1, 0.15) is 0 Å². The van der Waals surface area contributed by atoms with E-state index in [0.29, 0.717) is 0 Å². The van der Waals surface area contributed by atoms with Crippen molar-refractivity contribution in [3.8, 4) is 0 Å². The summed E-state index contributed by atoms with van der Waals surface area (Å²) in [6.07, 6.45) is 1.43.